The number of carbonyl (C=O) groups excluding carboxylic acids is 2. The maximum atomic E-state index is 12.8. The average Bonchev–Trinajstić information content (AvgIpc) is 3.15. The standard InChI is InChI=1S/C22H28N4O5/c1-15(26-19-5-3-4-6-20(19)31-14-21(26)27)22(28)23-9-7-17-16-13-30-11-8-18(16)25(24-17)10-12-29-2/h3-6,15H,7-14H2,1-2H3,(H,23,28). The summed E-state index contributed by atoms with van der Waals surface area (Å²) >= 11 is 0. The summed E-state index contributed by atoms with van der Waals surface area (Å²) in [4.78, 5) is 26.7. The van der Waals surface area contributed by atoms with Crippen LogP contribution in [0.4, 0.5) is 5.69 Å². The van der Waals surface area contributed by atoms with Crippen LogP contribution in [0.5, 0.6) is 5.75 Å². The molecule has 0 spiro atoms. The third-order valence-electron chi connectivity index (χ3n) is 5.66. The summed E-state index contributed by atoms with van der Waals surface area (Å²) in [7, 11) is 1.67. The Morgan fingerprint density at radius 2 is 2.16 bits per heavy atom. The van der Waals surface area contributed by atoms with Crippen LogP contribution in [0.2, 0.25) is 0 Å². The number of benzene rings is 1. The van der Waals surface area contributed by atoms with E-state index in [0.29, 0.717) is 50.8 Å². The highest BCUT2D eigenvalue weighted by molar-refractivity contribution is 6.03. The number of nitrogens with zero attached hydrogens (tertiary/aromatic N) is 3. The Bertz CT molecular complexity index is 957. The van der Waals surface area contributed by atoms with Crippen molar-refractivity contribution >= 4 is 17.5 Å². The first-order valence-electron chi connectivity index (χ1n) is 10.6. The molecule has 0 radical (unpaired) electrons. The van der Waals surface area contributed by atoms with Crippen molar-refractivity contribution < 1.29 is 23.8 Å². The minimum atomic E-state index is -0.644. The van der Waals surface area contributed by atoms with E-state index < -0.39 is 6.04 Å². The number of ether oxygens (including phenoxy) is 3. The van der Waals surface area contributed by atoms with Crippen molar-refractivity contribution in [1.29, 1.82) is 0 Å². The molecule has 2 aliphatic heterocycles. The zero-order valence-corrected chi connectivity index (χ0v) is 17.9. The molecule has 2 aliphatic rings. The van der Waals surface area contributed by atoms with Crippen LogP contribution in [-0.4, -0.2) is 61.1 Å². The van der Waals surface area contributed by atoms with Crippen molar-refractivity contribution in [2.75, 3.05) is 38.4 Å². The van der Waals surface area contributed by atoms with Gasteiger partial charge < -0.3 is 19.5 Å². The van der Waals surface area contributed by atoms with Gasteiger partial charge in [0.25, 0.3) is 5.91 Å². The van der Waals surface area contributed by atoms with Gasteiger partial charge in [0.05, 0.1) is 37.7 Å². The molecule has 0 bridgehead atoms. The first-order valence-corrected chi connectivity index (χ1v) is 10.6. The fourth-order valence-electron chi connectivity index (χ4n) is 4.06. The molecule has 1 aromatic carbocycles. The molecule has 9 heteroatoms. The normalized spacial score (nSPS) is 16.3. The lowest BCUT2D eigenvalue weighted by Crippen LogP contribution is -2.51. The van der Waals surface area contributed by atoms with Gasteiger partial charge in [-0.25, -0.2) is 0 Å². The molecule has 4 rings (SSSR count). The van der Waals surface area contributed by atoms with Gasteiger partial charge >= 0.3 is 0 Å². The van der Waals surface area contributed by atoms with E-state index in [4.69, 9.17) is 19.3 Å². The SMILES string of the molecule is COCCn1nc(CCNC(=O)C(C)N2C(=O)COc3ccccc32)c2c1CCOC2. The Morgan fingerprint density at radius 3 is 3.00 bits per heavy atom. The highest BCUT2D eigenvalue weighted by Gasteiger charge is 2.32. The molecule has 3 heterocycles. The van der Waals surface area contributed by atoms with Gasteiger partial charge in [0.1, 0.15) is 11.8 Å². The zero-order chi connectivity index (χ0) is 21.8. The third kappa shape index (κ3) is 4.42. The second kappa shape index (κ2) is 9.49. The number of amides is 2. The highest BCUT2D eigenvalue weighted by atomic mass is 16.5. The van der Waals surface area contributed by atoms with Crippen LogP contribution >= 0.6 is 0 Å². The van der Waals surface area contributed by atoms with Crippen molar-refractivity contribution in [3.63, 3.8) is 0 Å². The van der Waals surface area contributed by atoms with Gasteiger partial charge in [-0.05, 0) is 19.1 Å². The van der Waals surface area contributed by atoms with E-state index in [1.807, 2.05) is 16.8 Å². The lowest BCUT2D eigenvalue weighted by Gasteiger charge is -2.33. The largest absolute Gasteiger partial charge is 0.482 e. The lowest BCUT2D eigenvalue weighted by atomic mass is 10.1. The van der Waals surface area contributed by atoms with E-state index in [0.717, 1.165) is 17.7 Å². The minimum Gasteiger partial charge on any atom is -0.482 e. The number of fused-ring (bicyclic) bond motifs is 2. The maximum Gasteiger partial charge on any atom is 0.265 e. The molecular weight excluding hydrogens is 400 g/mol. The summed E-state index contributed by atoms with van der Waals surface area (Å²) in [5.74, 6) is 0.161. The first kappa shape index (κ1) is 21.3. The van der Waals surface area contributed by atoms with Crippen LogP contribution in [0.3, 0.4) is 0 Å². The number of hydrogen-bond acceptors (Lipinski definition) is 6. The number of nitrogens with one attached hydrogen (secondary N) is 1. The molecule has 31 heavy (non-hydrogen) atoms. The molecule has 2 amide bonds. The van der Waals surface area contributed by atoms with Crippen molar-refractivity contribution in [3.8, 4) is 5.75 Å². The molecule has 166 valence electrons. The summed E-state index contributed by atoms with van der Waals surface area (Å²) in [6, 6.07) is 6.60. The molecule has 0 saturated heterocycles. The zero-order valence-electron chi connectivity index (χ0n) is 17.9. The molecule has 0 aliphatic carbocycles. The molecule has 1 N–H and O–H groups in total. The fourth-order valence-corrected chi connectivity index (χ4v) is 4.06. The maximum absolute atomic E-state index is 12.8. The Labute approximate surface area is 181 Å². The number of carbonyl (C=O) groups is 2. The van der Waals surface area contributed by atoms with Crippen LogP contribution in [-0.2, 0) is 45.1 Å². The van der Waals surface area contributed by atoms with Crippen molar-refractivity contribution in [1.82, 2.24) is 15.1 Å². The van der Waals surface area contributed by atoms with Crippen LogP contribution < -0.4 is 15.0 Å². The van der Waals surface area contributed by atoms with Crippen LogP contribution in [0, 0.1) is 0 Å². The van der Waals surface area contributed by atoms with Crippen LogP contribution in [0.15, 0.2) is 24.3 Å². The van der Waals surface area contributed by atoms with Gasteiger partial charge in [0.15, 0.2) is 6.61 Å². The summed E-state index contributed by atoms with van der Waals surface area (Å²) in [5.41, 5.74) is 3.85. The van der Waals surface area contributed by atoms with Gasteiger partial charge in [-0.3, -0.25) is 19.2 Å². The van der Waals surface area contributed by atoms with Gasteiger partial charge in [-0.2, -0.15) is 5.10 Å². The Morgan fingerprint density at radius 1 is 1.32 bits per heavy atom. The van der Waals surface area contributed by atoms with E-state index in [9.17, 15) is 9.59 Å². The second-order valence-corrected chi connectivity index (χ2v) is 7.63. The summed E-state index contributed by atoms with van der Waals surface area (Å²) in [6.07, 6.45) is 1.42. The average molecular weight is 428 g/mol. The summed E-state index contributed by atoms with van der Waals surface area (Å²) < 4.78 is 18.3. The van der Waals surface area contributed by atoms with E-state index in [1.165, 1.54) is 10.6 Å². The number of methoxy groups -OCH3 is 1. The van der Waals surface area contributed by atoms with Gasteiger partial charge in [0, 0.05) is 37.8 Å². The van der Waals surface area contributed by atoms with Gasteiger partial charge in [0.2, 0.25) is 5.91 Å². The smallest absolute Gasteiger partial charge is 0.265 e. The Balaban J connectivity index is 1.40. The van der Waals surface area contributed by atoms with Crippen LogP contribution in [0.1, 0.15) is 23.9 Å². The van der Waals surface area contributed by atoms with Crippen molar-refractivity contribution in [2.45, 2.75) is 39.0 Å². The Kier molecular flexibility index (Phi) is 6.53. The van der Waals surface area contributed by atoms with Crippen LogP contribution in [0.25, 0.3) is 0 Å². The third-order valence-corrected chi connectivity index (χ3v) is 5.66. The van der Waals surface area contributed by atoms with Crippen molar-refractivity contribution in [2.24, 2.45) is 0 Å². The predicted octanol–water partition coefficient (Wildman–Crippen LogP) is 1.08. The number of hydrogen-bond donors (Lipinski definition) is 1. The highest BCUT2D eigenvalue weighted by Crippen LogP contribution is 2.32. The quantitative estimate of drug-likeness (QED) is 0.676. The molecule has 9 nitrogen and oxygen atoms in total. The molecule has 2 aromatic rings. The van der Waals surface area contributed by atoms with E-state index in [-0.39, 0.29) is 18.4 Å². The molecule has 1 unspecified atom stereocenters. The number of para-hydroxylation sites is 2. The Hall–Kier alpha value is -2.91. The molecular formula is C22H28N4O5. The topological polar surface area (TPSA) is 94.9 Å². The van der Waals surface area contributed by atoms with E-state index in [2.05, 4.69) is 5.32 Å². The summed E-state index contributed by atoms with van der Waals surface area (Å²) in [6.45, 7) is 4.61. The lowest BCUT2D eigenvalue weighted by molar-refractivity contribution is -0.127. The molecule has 1 atom stereocenters. The molecule has 1 aromatic heterocycles. The van der Waals surface area contributed by atoms with E-state index in [1.54, 1.807) is 26.2 Å². The van der Waals surface area contributed by atoms with E-state index >= 15 is 0 Å². The predicted molar refractivity (Wildman–Crippen MR) is 113 cm³/mol. The number of rotatable bonds is 8. The number of anilines is 1. The van der Waals surface area contributed by atoms with Crippen molar-refractivity contribution in [3.05, 3.63) is 41.2 Å². The summed E-state index contributed by atoms with van der Waals surface area (Å²) in [5, 5.41) is 7.68. The molecule has 0 fully saturated rings. The number of aromatic nitrogens is 2. The molecule has 0 saturated carbocycles. The minimum absolute atomic E-state index is 0.0698. The van der Waals surface area contributed by atoms with Gasteiger partial charge in [-0.15, -0.1) is 0 Å². The fraction of sp³-hybridized carbons (Fsp3) is 0.500. The van der Waals surface area contributed by atoms with Gasteiger partial charge in [-0.1, -0.05) is 12.1 Å². The second-order valence-electron chi connectivity index (χ2n) is 7.63. The monoisotopic (exact) mass is 428 g/mol. The first-order chi connectivity index (χ1) is 15.1.